The van der Waals surface area contributed by atoms with Gasteiger partial charge in [-0.1, -0.05) is 24.1 Å². The van der Waals surface area contributed by atoms with Crippen molar-refractivity contribution in [3.8, 4) is 0 Å². The van der Waals surface area contributed by atoms with Gasteiger partial charge in [-0.15, -0.1) is 12.4 Å². The highest BCUT2D eigenvalue weighted by atomic mass is 35.5. The van der Waals surface area contributed by atoms with Crippen molar-refractivity contribution in [1.82, 2.24) is 9.78 Å². The molecule has 0 unspecified atom stereocenters. The van der Waals surface area contributed by atoms with Gasteiger partial charge in [0.2, 0.25) is 5.91 Å². The molecule has 0 bridgehead atoms. The first-order valence-corrected chi connectivity index (χ1v) is 8.42. The first-order valence-electron chi connectivity index (χ1n) is 8.04. The van der Waals surface area contributed by atoms with Crippen LogP contribution in [0, 0.1) is 11.7 Å². The average molecular weight is 387 g/mol. The molecule has 136 valence electrons. The van der Waals surface area contributed by atoms with E-state index in [-0.39, 0.29) is 35.3 Å². The van der Waals surface area contributed by atoms with Crippen LogP contribution in [0.1, 0.15) is 31.2 Å². The molecule has 3 N–H and O–H groups in total. The molecular formula is C17H21Cl2FN4O. The van der Waals surface area contributed by atoms with Crippen LogP contribution >= 0.6 is 24.0 Å². The number of benzene rings is 1. The molecule has 0 spiro atoms. The Bertz CT molecular complexity index is 737. The molecule has 0 radical (unpaired) electrons. The van der Waals surface area contributed by atoms with E-state index in [9.17, 15) is 9.18 Å². The molecule has 1 aliphatic rings. The molecule has 3 rings (SSSR count). The van der Waals surface area contributed by atoms with Crippen LogP contribution in [0.15, 0.2) is 30.5 Å². The van der Waals surface area contributed by atoms with Crippen LogP contribution in [-0.4, -0.2) is 21.7 Å². The number of anilines is 1. The minimum absolute atomic E-state index is 0. The SMILES string of the molecule is Cl.N[C@@H]1CCC[C@H]1CC(=O)Nc1ccnn1Cc1ccc(Cl)c(F)c1. The van der Waals surface area contributed by atoms with Crippen molar-refractivity contribution in [3.63, 3.8) is 0 Å². The number of amides is 1. The van der Waals surface area contributed by atoms with Gasteiger partial charge in [-0.2, -0.15) is 5.10 Å². The molecule has 1 aliphatic carbocycles. The van der Waals surface area contributed by atoms with Gasteiger partial charge in [0.25, 0.3) is 0 Å². The summed E-state index contributed by atoms with van der Waals surface area (Å²) in [6, 6.07) is 6.44. The Kier molecular flexibility index (Phi) is 6.81. The fourth-order valence-electron chi connectivity index (χ4n) is 3.13. The Morgan fingerprint density at radius 1 is 1.40 bits per heavy atom. The number of aromatic nitrogens is 2. The number of hydrogen-bond acceptors (Lipinski definition) is 3. The predicted octanol–water partition coefficient (Wildman–Crippen LogP) is 3.60. The third-order valence-corrected chi connectivity index (χ3v) is 4.77. The van der Waals surface area contributed by atoms with E-state index in [1.807, 2.05) is 0 Å². The summed E-state index contributed by atoms with van der Waals surface area (Å²) in [7, 11) is 0. The maximum Gasteiger partial charge on any atom is 0.225 e. The van der Waals surface area contributed by atoms with Gasteiger partial charge in [0, 0.05) is 18.5 Å². The molecule has 2 aromatic rings. The van der Waals surface area contributed by atoms with Crippen LogP contribution in [-0.2, 0) is 11.3 Å². The second-order valence-corrected chi connectivity index (χ2v) is 6.64. The lowest BCUT2D eigenvalue weighted by atomic mass is 10.00. The highest BCUT2D eigenvalue weighted by Gasteiger charge is 2.26. The number of halogens is 3. The number of carbonyl (C=O) groups is 1. The second kappa shape index (κ2) is 8.65. The number of carbonyl (C=O) groups excluding carboxylic acids is 1. The smallest absolute Gasteiger partial charge is 0.225 e. The van der Waals surface area contributed by atoms with Gasteiger partial charge in [0.15, 0.2) is 0 Å². The van der Waals surface area contributed by atoms with Crippen LogP contribution < -0.4 is 11.1 Å². The van der Waals surface area contributed by atoms with Gasteiger partial charge in [0.1, 0.15) is 11.6 Å². The number of nitrogens with one attached hydrogen (secondary N) is 1. The summed E-state index contributed by atoms with van der Waals surface area (Å²) >= 11 is 5.69. The van der Waals surface area contributed by atoms with Crippen molar-refractivity contribution in [2.24, 2.45) is 11.7 Å². The highest BCUT2D eigenvalue weighted by Crippen LogP contribution is 2.27. The molecule has 25 heavy (non-hydrogen) atoms. The van der Waals surface area contributed by atoms with Gasteiger partial charge in [0.05, 0.1) is 17.8 Å². The zero-order valence-electron chi connectivity index (χ0n) is 13.6. The summed E-state index contributed by atoms with van der Waals surface area (Å²) in [4.78, 5) is 12.2. The molecule has 5 nitrogen and oxygen atoms in total. The van der Waals surface area contributed by atoms with Gasteiger partial charge in [-0.05, 0) is 36.5 Å². The summed E-state index contributed by atoms with van der Waals surface area (Å²) in [6.45, 7) is 0.347. The quantitative estimate of drug-likeness (QED) is 0.824. The van der Waals surface area contributed by atoms with Crippen LogP contribution in [0.2, 0.25) is 5.02 Å². The summed E-state index contributed by atoms with van der Waals surface area (Å²) in [5, 5.41) is 7.14. The van der Waals surface area contributed by atoms with E-state index >= 15 is 0 Å². The minimum Gasteiger partial charge on any atom is -0.327 e. The van der Waals surface area contributed by atoms with Crippen molar-refractivity contribution in [3.05, 3.63) is 46.9 Å². The molecule has 1 aromatic carbocycles. The third-order valence-electron chi connectivity index (χ3n) is 4.47. The van der Waals surface area contributed by atoms with E-state index in [1.165, 1.54) is 12.1 Å². The zero-order chi connectivity index (χ0) is 17.1. The molecule has 2 atom stereocenters. The van der Waals surface area contributed by atoms with E-state index in [0.29, 0.717) is 24.3 Å². The van der Waals surface area contributed by atoms with Crippen LogP contribution in [0.25, 0.3) is 0 Å². The molecule has 1 heterocycles. The number of nitrogens with two attached hydrogens (primary N) is 1. The van der Waals surface area contributed by atoms with E-state index in [0.717, 1.165) is 19.3 Å². The van der Waals surface area contributed by atoms with Gasteiger partial charge < -0.3 is 11.1 Å². The monoisotopic (exact) mass is 386 g/mol. The summed E-state index contributed by atoms with van der Waals surface area (Å²) in [5.41, 5.74) is 6.73. The summed E-state index contributed by atoms with van der Waals surface area (Å²) in [5.74, 6) is 0.289. The van der Waals surface area contributed by atoms with E-state index < -0.39 is 5.82 Å². The summed E-state index contributed by atoms with van der Waals surface area (Å²) < 4.78 is 15.2. The predicted molar refractivity (Wildman–Crippen MR) is 98.6 cm³/mol. The van der Waals surface area contributed by atoms with Crippen molar-refractivity contribution in [2.75, 3.05) is 5.32 Å². The topological polar surface area (TPSA) is 72.9 Å². The van der Waals surface area contributed by atoms with Crippen LogP contribution in [0.5, 0.6) is 0 Å². The summed E-state index contributed by atoms with van der Waals surface area (Å²) in [6.07, 6.45) is 5.08. The fourth-order valence-corrected chi connectivity index (χ4v) is 3.24. The fraction of sp³-hybridized carbons (Fsp3) is 0.412. The van der Waals surface area contributed by atoms with E-state index in [2.05, 4.69) is 10.4 Å². The maximum absolute atomic E-state index is 13.5. The molecule has 1 saturated carbocycles. The zero-order valence-corrected chi connectivity index (χ0v) is 15.2. The standard InChI is InChI=1S/C17H20ClFN4O.ClH/c18-13-5-4-11(8-14(13)19)10-23-16(6-7-21-23)22-17(24)9-12-2-1-3-15(12)20;/h4-8,12,15H,1-3,9-10,20H2,(H,22,24);1H/t12-,15+;/m0./s1. The van der Waals surface area contributed by atoms with Crippen molar-refractivity contribution >= 4 is 35.7 Å². The normalized spacial score (nSPS) is 19.5. The number of nitrogens with zero attached hydrogens (tertiary/aromatic N) is 2. The average Bonchev–Trinajstić information content (AvgIpc) is 3.13. The van der Waals surface area contributed by atoms with Crippen molar-refractivity contribution < 1.29 is 9.18 Å². The number of hydrogen-bond donors (Lipinski definition) is 2. The third kappa shape index (κ3) is 4.93. The molecule has 0 saturated heterocycles. The number of rotatable bonds is 5. The Morgan fingerprint density at radius 2 is 2.20 bits per heavy atom. The molecular weight excluding hydrogens is 366 g/mol. The maximum atomic E-state index is 13.5. The molecule has 8 heteroatoms. The van der Waals surface area contributed by atoms with Crippen LogP contribution in [0.4, 0.5) is 10.2 Å². The molecule has 1 aromatic heterocycles. The first-order chi connectivity index (χ1) is 11.5. The Labute approximate surface area is 157 Å². The van der Waals surface area contributed by atoms with Crippen molar-refractivity contribution in [2.45, 2.75) is 38.3 Å². The molecule has 1 fully saturated rings. The first kappa shape index (κ1) is 19.7. The highest BCUT2D eigenvalue weighted by molar-refractivity contribution is 6.30. The molecule has 0 aliphatic heterocycles. The van der Waals surface area contributed by atoms with E-state index in [1.54, 1.807) is 23.0 Å². The van der Waals surface area contributed by atoms with E-state index in [4.69, 9.17) is 17.3 Å². The molecule has 1 amide bonds. The van der Waals surface area contributed by atoms with Gasteiger partial charge >= 0.3 is 0 Å². The van der Waals surface area contributed by atoms with Gasteiger partial charge in [-0.25, -0.2) is 9.07 Å². The van der Waals surface area contributed by atoms with Crippen molar-refractivity contribution in [1.29, 1.82) is 0 Å². The Balaban J connectivity index is 0.00000225. The lowest BCUT2D eigenvalue weighted by Gasteiger charge is -2.15. The lowest BCUT2D eigenvalue weighted by molar-refractivity contribution is -0.117. The van der Waals surface area contributed by atoms with Gasteiger partial charge in [-0.3, -0.25) is 4.79 Å². The largest absolute Gasteiger partial charge is 0.327 e. The lowest BCUT2D eigenvalue weighted by Crippen LogP contribution is -2.28. The Morgan fingerprint density at radius 3 is 2.88 bits per heavy atom. The van der Waals surface area contributed by atoms with Crippen LogP contribution in [0.3, 0.4) is 0 Å². The minimum atomic E-state index is -0.470. The Hall–Kier alpha value is -1.63. The second-order valence-electron chi connectivity index (χ2n) is 6.23.